The summed E-state index contributed by atoms with van der Waals surface area (Å²) >= 11 is 0. The minimum atomic E-state index is -4.84. The molecule has 1 aliphatic carbocycles. The molecule has 1 saturated heterocycles. The van der Waals surface area contributed by atoms with E-state index in [1.165, 1.54) is 11.3 Å². The van der Waals surface area contributed by atoms with Crippen LogP contribution in [0.5, 0.6) is 0 Å². The van der Waals surface area contributed by atoms with Crippen molar-refractivity contribution in [2.45, 2.75) is 120 Å². The third-order valence-electron chi connectivity index (χ3n) is 7.01. The lowest BCUT2D eigenvalue weighted by Crippen LogP contribution is -2.60. The fourth-order valence-corrected chi connectivity index (χ4v) is 5.30. The van der Waals surface area contributed by atoms with Gasteiger partial charge in [0.05, 0.1) is 18.2 Å². The molecular weight excluding hydrogens is 479 g/mol. The van der Waals surface area contributed by atoms with Gasteiger partial charge in [-0.15, -0.1) is 0 Å². The van der Waals surface area contributed by atoms with Crippen molar-refractivity contribution in [1.29, 1.82) is 0 Å². The number of hydrogen-bond acceptors (Lipinski definition) is 7. The van der Waals surface area contributed by atoms with Gasteiger partial charge in [-0.2, -0.15) is 0 Å². The highest BCUT2D eigenvalue weighted by Gasteiger charge is 2.52. The van der Waals surface area contributed by atoms with Crippen molar-refractivity contribution in [1.82, 2.24) is 4.90 Å². The Morgan fingerprint density at radius 3 is 2.40 bits per heavy atom. The number of primary amides is 1. The number of carbonyl (C=O) groups excluding carboxylic acids is 1. The van der Waals surface area contributed by atoms with E-state index >= 15 is 0 Å². The SMILES string of the molecule is CCC(O)CCC1(N(C(N)=O)C2OC(COP(=O)(O)O)C(O)C2O)/C=C\CCCCCCCCC1. The summed E-state index contributed by atoms with van der Waals surface area (Å²) in [5.74, 6) is 0. The fraction of sp³-hybridized carbons (Fsp3) is 0.870. The zero-order valence-electron chi connectivity index (χ0n) is 20.6. The van der Waals surface area contributed by atoms with Crippen LogP contribution < -0.4 is 5.73 Å². The second-order valence-electron chi connectivity index (χ2n) is 9.66. The molecule has 0 bridgehead atoms. The van der Waals surface area contributed by atoms with Crippen LogP contribution in [-0.2, 0) is 13.8 Å². The maximum atomic E-state index is 12.9. The van der Waals surface area contributed by atoms with E-state index in [4.69, 9.17) is 20.3 Å². The van der Waals surface area contributed by atoms with Gasteiger partial charge in [-0.1, -0.05) is 57.6 Å². The van der Waals surface area contributed by atoms with Gasteiger partial charge in [0.1, 0.15) is 18.3 Å². The summed E-state index contributed by atoms with van der Waals surface area (Å²) in [5, 5.41) is 31.6. The number of nitrogens with two attached hydrogens (primary N) is 1. The molecule has 0 saturated carbocycles. The van der Waals surface area contributed by atoms with Crippen LogP contribution in [0.3, 0.4) is 0 Å². The van der Waals surface area contributed by atoms with Crippen molar-refractivity contribution in [2.75, 3.05) is 6.61 Å². The normalized spacial score (nSPS) is 32.9. The average Bonchev–Trinajstić information content (AvgIpc) is 3.06. The van der Waals surface area contributed by atoms with Gasteiger partial charge >= 0.3 is 13.9 Å². The van der Waals surface area contributed by atoms with Crippen molar-refractivity contribution in [3.63, 3.8) is 0 Å². The van der Waals surface area contributed by atoms with Crippen LogP contribution >= 0.6 is 7.82 Å². The molecule has 2 amide bonds. The molecular formula is C23H43N2O9P. The molecule has 1 heterocycles. The van der Waals surface area contributed by atoms with Crippen LogP contribution in [0, 0.1) is 0 Å². The van der Waals surface area contributed by atoms with Crippen molar-refractivity contribution >= 4 is 13.9 Å². The lowest BCUT2D eigenvalue weighted by atomic mass is 9.82. The van der Waals surface area contributed by atoms with E-state index in [0.29, 0.717) is 25.7 Å². The van der Waals surface area contributed by atoms with Crippen molar-refractivity contribution in [2.24, 2.45) is 5.73 Å². The van der Waals surface area contributed by atoms with Gasteiger partial charge in [-0.05, 0) is 38.5 Å². The number of aliphatic hydroxyl groups is 3. The van der Waals surface area contributed by atoms with E-state index in [2.05, 4.69) is 4.52 Å². The van der Waals surface area contributed by atoms with E-state index in [-0.39, 0.29) is 0 Å². The predicted octanol–water partition coefficient (Wildman–Crippen LogP) is 2.29. The molecule has 0 aromatic carbocycles. The molecule has 7 N–H and O–H groups in total. The third-order valence-corrected chi connectivity index (χ3v) is 7.49. The highest BCUT2D eigenvalue weighted by Crippen LogP contribution is 2.40. The molecule has 1 aliphatic heterocycles. The number of ether oxygens (including phenoxy) is 1. The van der Waals surface area contributed by atoms with E-state index in [1.54, 1.807) is 0 Å². The molecule has 204 valence electrons. The molecule has 11 nitrogen and oxygen atoms in total. The average molecular weight is 523 g/mol. The molecule has 35 heavy (non-hydrogen) atoms. The third kappa shape index (κ3) is 9.09. The van der Waals surface area contributed by atoms with Crippen LogP contribution in [-0.4, -0.2) is 78.8 Å². The Bertz CT molecular complexity index is 734. The number of phosphoric acid groups is 1. The van der Waals surface area contributed by atoms with Gasteiger partial charge in [-0.25, -0.2) is 9.36 Å². The Morgan fingerprint density at radius 2 is 1.80 bits per heavy atom. The van der Waals surface area contributed by atoms with Crippen molar-refractivity contribution < 1.29 is 43.7 Å². The summed E-state index contributed by atoms with van der Waals surface area (Å²) in [4.78, 5) is 32.1. The highest BCUT2D eigenvalue weighted by atomic mass is 31.2. The molecule has 2 rings (SSSR count). The van der Waals surface area contributed by atoms with Gasteiger partial charge < -0.3 is 35.6 Å². The summed E-state index contributed by atoms with van der Waals surface area (Å²) in [6, 6.07) is -0.861. The zero-order chi connectivity index (χ0) is 26.1. The summed E-state index contributed by atoms with van der Waals surface area (Å²) in [6.07, 6.45) is 7.45. The second kappa shape index (κ2) is 14.0. The van der Waals surface area contributed by atoms with E-state index in [9.17, 15) is 24.7 Å². The number of urea groups is 1. The zero-order valence-corrected chi connectivity index (χ0v) is 21.5. The Morgan fingerprint density at radius 1 is 1.17 bits per heavy atom. The Kier molecular flexibility index (Phi) is 12.1. The van der Waals surface area contributed by atoms with Gasteiger partial charge in [0.25, 0.3) is 0 Å². The maximum Gasteiger partial charge on any atom is 0.469 e. The number of allylic oxidation sites excluding steroid dienone is 1. The van der Waals surface area contributed by atoms with Gasteiger partial charge in [0.2, 0.25) is 0 Å². The number of hydrogen-bond donors (Lipinski definition) is 6. The number of nitrogens with zero attached hydrogens (tertiary/aromatic N) is 1. The molecule has 2 aliphatic rings. The monoisotopic (exact) mass is 522 g/mol. The van der Waals surface area contributed by atoms with E-state index in [0.717, 1.165) is 44.9 Å². The standard InChI is InChI=1S/C23H43N2O9P/c1-2-17(26)12-15-23(13-10-8-6-4-3-5-7-9-11-14-23)25(22(24)29)21-20(28)19(27)18(34-21)16-33-35(30,31)32/h10,13,17-21,26-28H,2-9,11-12,14-16H2,1H3,(H2,24,29)(H2,30,31,32)/b13-10-. The summed E-state index contributed by atoms with van der Waals surface area (Å²) in [6.45, 7) is 1.19. The van der Waals surface area contributed by atoms with Crippen LogP contribution in [0.15, 0.2) is 12.2 Å². The lowest BCUT2D eigenvalue weighted by Gasteiger charge is -2.45. The molecule has 0 radical (unpaired) electrons. The first kappa shape index (κ1) is 30.2. The number of amides is 2. The molecule has 6 atom stereocenters. The first-order valence-corrected chi connectivity index (χ1v) is 14.2. The molecule has 0 aromatic rings. The number of phosphoric ester groups is 1. The minimum absolute atomic E-state index is 0.369. The smallest absolute Gasteiger partial charge is 0.393 e. The van der Waals surface area contributed by atoms with Crippen LogP contribution in [0.2, 0.25) is 0 Å². The molecule has 0 aromatic heterocycles. The van der Waals surface area contributed by atoms with Crippen LogP contribution in [0.1, 0.15) is 84.0 Å². The highest BCUT2D eigenvalue weighted by molar-refractivity contribution is 7.46. The first-order valence-electron chi connectivity index (χ1n) is 12.7. The van der Waals surface area contributed by atoms with Crippen molar-refractivity contribution in [3.8, 4) is 0 Å². The van der Waals surface area contributed by atoms with Crippen LogP contribution in [0.4, 0.5) is 4.79 Å². The van der Waals surface area contributed by atoms with Crippen molar-refractivity contribution in [3.05, 3.63) is 12.2 Å². The fourth-order valence-electron chi connectivity index (χ4n) is 4.96. The number of rotatable bonds is 9. The summed E-state index contributed by atoms with van der Waals surface area (Å²) in [7, 11) is -4.84. The van der Waals surface area contributed by atoms with Gasteiger partial charge in [-0.3, -0.25) is 9.42 Å². The van der Waals surface area contributed by atoms with Gasteiger partial charge in [0.15, 0.2) is 6.23 Å². The van der Waals surface area contributed by atoms with E-state index in [1.807, 2.05) is 19.1 Å². The Labute approximate surface area is 207 Å². The maximum absolute atomic E-state index is 12.9. The number of aliphatic hydroxyl groups excluding tert-OH is 3. The summed E-state index contributed by atoms with van der Waals surface area (Å²) < 4.78 is 21.3. The lowest BCUT2D eigenvalue weighted by molar-refractivity contribution is -0.107. The van der Waals surface area contributed by atoms with E-state index < -0.39 is 56.6 Å². The quantitative estimate of drug-likeness (QED) is 0.195. The predicted molar refractivity (Wildman–Crippen MR) is 129 cm³/mol. The molecule has 0 spiro atoms. The summed E-state index contributed by atoms with van der Waals surface area (Å²) in [5.41, 5.74) is 4.87. The van der Waals surface area contributed by atoms with Gasteiger partial charge in [0, 0.05) is 0 Å². The Balaban J connectivity index is 2.40. The second-order valence-corrected chi connectivity index (χ2v) is 10.9. The molecule has 1 fully saturated rings. The Hall–Kier alpha value is -1.04. The number of carbonyl (C=O) groups is 1. The minimum Gasteiger partial charge on any atom is -0.393 e. The first-order chi connectivity index (χ1) is 16.5. The molecule has 6 unspecified atom stereocenters. The topological polar surface area (TPSA) is 183 Å². The van der Waals surface area contributed by atoms with Crippen LogP contribution in [0.25, 0.3) is 0 Å². The largest absolute Gasteiger partial charge is 0.469 e. The molecule has 12 heteroatoms.